The van der Waals surface area contributed by atoms with Crippen LogP contribution >= 0.6 is 0 Å². The van der Waals surface area contributed by atoms with Gasteiger partial charge in [0.25, 0.3) is 0 Å². The summed E-state index contributed by atoms with van der Waals surface area (Å²) in [5, 5.41) is 9.66. The maximum atomic E-state index is 11.6. The van der Waals surface area contributed by atoms with Gasteiger partial charge in [-0.25, -0.2) is 0 Å². The highest BCUT2D eigenvalue weighted by molar-refractivity contribution is 5.92. The molecule has 2 rings (SSSR count). The summed E-state index contributed by atoms with van der Waals surface area (Å²) in [5.74, 6) is 0.443. The van der Waals surface area contributed by atoms with Crippen LogP contribution in [0.1, 0.15) is 32.3 Å². The Bertz CT molecular complexity index is 522. The Hall–Kier alpha value is -1.83. The summed E-state index contributed by atoms with van der Waals surface area (Å²) in [6.07, 6.45) is 7.00. The van der Waals surface area contributed by atoms with Crippen molar-refractivity contribution in [1.29, 1.82) is 0 Å². The van der Waals surface area contributed by atoms with Crippen LogP contribution in [0.2, 0.25) is 0 Å². The fraction of sp³-hybridized carbons (Fsp3) is 0.312. The second-order valence-corrected chi connectivity index (χ2v) is 5.60. The zero-order valence-corrected chi connectivity index (χ0v) is 10.8. The third kappa shape index (κ3) is 3.10. The zero-order chi connectivity index (χ0) is 13.2. The van der Waals surface area contributed by atoms with Crippen LogP contribution in [0, 0.1) is 5.41 Å². The lowest BCUT2D eigenvalue weighted by Gasteiger charge is -2.27. The lowest BCUT2D eigenvalue weighted by Crippen LogP contribution is -2.21. The van der Waals surface area contributed by atoms with E-state index >= 15 is 0 Å². The van der Waals surface area contributed by atoms with Crippen molar-refractivity contribution in [2.75, 3.05) is 0 Å². The average Bonchev–Trinajstić information content (AvgIpc) is 2.25. The monoisotopic (exact) mass is 242 g/mol. The molecule has 18 heavy (non-hydrogen) atoms. The lowest BCUT2D eigenvalue weighted by atomic mass is 9.77. The second kappa shape index (κ2) is 4.81. The van der Waals surface area contributed by atoms with Crippen LogP contribution in [0.3, 0.4) is 0 Å². The Morgan fingerprint density at radius 2 is 1.89 bits per heavy atom. The van der Waals surface area contributed by atoms with Crippen molar-refractivity contribution < 1.29 is 9.90 Å². The summed E-state index contributed by atoms with van der Waals surface area (Å²) in [5.41, 5.74) is 1.83. The molecule has 2 heteroatoms. The summed E-state index contributed by atoms with van der Waals surface area (Å²) >= 11 is 0. The Balaban J connectivity index is 2.20. The molecule has 0 radical (unpaired) electrons. The smallest absolute Gasteiger partial charge is 0.156 e. The molecule has 0 amide bonds. The first-order valence-electron chi connectivity index (χ1n) is 6.16. The molecule has 0 heterocycles. The number of ketones is 1. The minimum Gasteiger partial charge on any atom is -0.507 e. The average molecular weight is 242 g/mol. The zero-order valence-electron chi connectivity index (χ0n) is 10.8. The van der Waals surface area contributed by atoms with E-state index in [-0.39, 0.29) is 16.9 Å². The molecular formula is C16H18O2. The van der Waals surface area contributed by atoms with Crippen LogP contribution in [0.15, 0.2) is 42.0 Å². The molecule has 0 saturated heterocycles. The first-order valence-corrected chi connectivity index (χ1v) is 6.16. The molecule has 0 saturated carbocycles. The van der Waals surface area contributed by atoms with Crippen LogP contribution in [0.5, 0.6) is 5.75 Å². The Morgan fingerprint density at radius 3 is 2.56 bits per heavy atom. The quantitative estimate of drug-likeness (QED) is 0.858. The summed E-state index contributed by atoms with van der Waals surface area (Å²) in [4.78, 5) is 11.6. The molecule has 1 aliphatic rings. The molecule has 0 aromatic heterocycles. The van der Waals surface area contributed by atoms with Gasteiger partial charge in [0.15, 0.2) is 5.78 Å². The fourth-order valence-electron chi connectivity index (χ4n) is 2.33. The molecule has 1 aromatic carbocycles. The maximum absolute atomic E-state index is 11.6. The molecular weight excluding hydrogens is 224 g/mol. The number of allylic oxidation sites excluding steroid dienone is 3. The molecule has 2 nitrogen and oxygen atoms in total. The van der Waals surface area contributed by atoms with Crippen LogP contribution < -0.4 is 0 Å². The number of phenols is 1. The molecule has 1 aromatic rings. The fourth-order valence-corrected chi connectivity index (χ4v) is 2.33. The topological polar surface area (TPSA) is 37.3 Å². The molecule has 0 spiro atoms. The Kier molecular flexibility index (Phi) is 3.37. The number of phenolic OH excluding ortho intramolecular Hbond substituents is 1. The third-order valence-electron chi connectivity index (χ3n) is 3.10. The highest BCUT2D eigenvalue weighted by Gasteiger charge is 2.26. The van der Waals surface area contributed by atoms with Gasteiger partial charge in [-0.05, 0) is 29.6 Å². The van der Waals surface area contributed by atoms with Gasteiger partial charge in [-0.15, -0.1) is 0 Å². The van der Waals surface area contributed by atoms with Crippen LogP contribution in [-0.2, 0) is 4.79 Å². The number of benzene rings is 1. The van der Waals surface area contributed by atoms with Gasteiger partial charge in [-0.2, -0.15) is 0 Å². The summed E-state index contributed by atoms with van der Waals surface area (Å²) in [6.45, 7) is 4.21. The van der Waals surface area contributed by atoms with Crippen molar-refractivity contribution in [3.8, 4) is 5.75 Å². The van der Waals surface area contributed by atoms with E-state index in [9.17, 15) is 9.90 Å². The Labute approximate surface area is 108 Å². The number of para-hydroxylation sites is 1. The maximum Gasteiger partial charge on any atom is 0.156 e. The summed E-state index contributed by atoms with van der Waals surface area (Å²) in [6, 6.07) is 7.18. The number of hydrogen-bond donors (Lipinski definition) is 1. The minimum atomic E-state index is 0.0320. The molecule has 0 atom stereocenters. The highest BCUT2D eigenvalue weighted by Crippen LogP contribution is 2.34. The number of aromatic hydroxyl groups is 1. The van der Waals surface area contributed by atoms with E-state index in [1.807, 2.05) is 24.3 Å². The van der Waals surface area contributed by atoms with E-state index in [2.05, 4.69) is 13.8 Å². The van der Waals surface area contributed by atoms with E-state index in [0.717, 1.165) is 17.6 Å². The van der Waals surface area contributed by atoms with Crippen LogP contribution in [0.4, 0.5) is 0 Å². The normalized spacial score (nSPS) is 19.0. The third-order valence-corrected chi connectivity index (χ3v) is 3.10. The van der Waals surface area contributed by atoms with E-state index in [1.54, 1.807) is 18.2 Å². The number of hydrogen-bond acceptors (Lipinski definition) is 2. The van der Waals surface area contributed by atoms with Gasteiger partial charge in [0.2, 0.25) is 0 Å². The first kappa shape index (κ1) is 12.6. The SMILES string of the molecule is CC1(C)CC(=O)C=C(C=Cc2ccccc2O)C1. The van der Waals surface area contributed by atoms with Gasteiger partial charge < -0.3 is 5.11 Å². The van der Waals surface area contributed by atoms with Crippen molar-refractivity contribution in [3.63, 3.8) is 0 Å². The molecule has 1 aliphatic carbocycles. The highest BCUT2D eigenvalue weighted by atomic mass is 16.3. The molecule has 0 fully saturated rings. The minimum absolute atomic E-state index is 0.0320. The number of carbonyl (C=O) groups excluding carboxylic acids is 1. The molecule has 94 valence electrons. The second-order valence-electron chi connectivity index (χ2n) is 5.60. The molecule has 0 aliphatic heterocycles. The first-order chi connectivity index (χ1) is 8.46. The van der Waals surface area contributed by atoms with Gasteiger partial charge in [0.1, 0.15) is 5.75 Å². The molecule has 0 unspecified atom stereocenters. The Morgan fingerprint density at radius 1 is 1.17 bits per heavy atom. The predicted molar refractivity (Wildman–Crippen MR) is 73.2 cm³/mol. The number of carbonyl (C=O) groups is 1. The van der Waals surface area contributed by atoms with Crippen molar-refractivity contribution in [3.05, 3.63) is 47.6 Å². The number of rotatable bonds is 2. The predicted octanol–water partition coefficient (Wildman–Crippen LogP) is 3.72. The van der Waals surface area contributed by atoms with Crippen molar-refractivity contribution in [2.24, 2.45) is 5.41 Å². The van der Waals surface area contributed by atoms with E-state index in [1.165, 1.54) is 0 Å². The van der Waals surface area contributed by atoms with Gasteiger partial charge in [0, 0.05) is 12.0 Å². The van der Waals surface area contributed by atoms with E-state index in [4.69, 9.17) is 0 Å². The van der Waals surface area contributed by atoms with E-state index in [0.29, 0.717) is 6.42 Å². The largest absolute Gasteiger partial charge is 0.507 e. The molecule has 1 N–H and O–H groups in total. The lowest BCUT2D eigenvalue weighted by molar-refractivity contribution is -0.116. The van der Waals surface area contributed by atoms with Gasteiger partial charge in [0.05, 0.1) is 0 Å². The van der Waals surface area contributed by atoms with Crippen molar-refractivity contribution in [2.45, 2.75) is 26.7 Å². The van der Waals surface area contributed by atoms with Crippen LogP contribution in [0.25, 0.3) is 6.08 Å². The van der Waals surface area contributed by atoms with Crippen LogP contribution in [-0.4, -0.2) is 10.9 Å². The van der Waals surface area contributed by atoms with Gasteiger partial charge in [-0.3, -0.25) is 4.79 Å². The van der Waals surface area contributed by atoms with Gasteiger partial charge in [-0.1, -0.05) is 44.2 Å². The summed E-state index contributed by atoms with van der Waals surface area (Å²) < 4.78 is 0. The van der Waals surface area contributed by atoms with E-state index < -0.39 is 0 Å². The van der Waals surface area contributed by atoms with Crippen molar-refractivity contribution in [1.82, 2.24) is 0 Å². The standard InChI is InChI=1S/C16H18O2/c1-16(2)10-12(9-14(17)11-16)7-8-13-5-3-4-6-15(13)18/h3-9,18H,10-11H2,1-2H3. The van der Waals surface area contributed by atoms with Gasteiger partial charge >= 0.3 is 0 Å². The molecule has 0 bridgehead atoms. The van der Waals surface area contributed by atoms with Crippen molar-refractivity contribution >= 4 is 11.9 Å². The summed E-state index contributed by atoms with van der Waals surface area (Å²) in [7, 11) is 0.